The Morgan fingerprint density at radius 2 is 2.12 bits per heavy atom. The number of hydrogen-bond donors (Lipinski definition) is 1. The van der Waals surface area contributed by atoms with Crippen LogP contribution in [0.5, 0.6) is 0 Å². The van der Waals surface area contributed by atoms with Crippen LogP contribution in [0.15, 0.2) is 41.3 Å². The Kier molecular flexibility index (Phi) is 4.91. The van der Waals surface area contributed by atoms with Crippen molar-refractivity contribution in [1.29, 1.82) is 0 Å². The van der Waals surface area contributed by atoms with E-state index >= 15 is 0 Å². The lowest BCUT2D eigenvalue weighted by Gasteiger charge is -2.02. The second-order valence-corrected chi connectivity index (χ2v) is 6.77. The molecule has 0 saturated heterocycles. The van der Waals surface area contributed by atoms with Gasteiger partial charge in [-0.05, 0) is 29.8 Å². The van der Waals surface area contributed by atoms with E-state index in [4.69, 9.17) is 11.6 Å². The highest BCUT2D eigenvalue weighted by Gasteiger charge is 2.12. The van der Waals surface area contributed by atoms with Gasteiger partial charge >= 0.3 is 0 Å². The molecule has 0 fully saturated rings. The molecule has 3 rings (SSSR count). The van der Waals surface area contributed by atoms with Crippen LogP contribution in [0.1, 0.15) is 20.9 Å². The first-order valence-electron chi connectivity index (χ1n) is 7.16. The summed E-state index contributed by atoms with van der Waals surface area (Å²) in [5.74, 6) is -0.817. The predicted octanol–water partition coefficient (Wildman–Crippen LogP) is 2.87. The van der Waals surface area contributed by atoms with Gasteiger partial charge in [0.05, 0.1) is 5.56 Å². The van der Waals surface area contributed by atoms with Crippen molar-refractivity contribution in [3.63, 3.8) is 0 Å². The first-order valence-corrected chi connectivity index (χ1v) is 8.35. The number of amides is 1. The maximum absolute atomic E-state index is 13.4. The van der Waals surface area contributed by atoms with Gasteiger partial charge in [0, 0.05) is 30.8 Å². The zero-order chi connectivity index (χ0) is 18.0. The third-order valence-electron chi connectivity index (χ3n) is 3.31. The van der Waals surface area contributed by atoms with Crippen LogP contribution >= 0.6 is 22.9 Å². The molecule has 1 N–H and O–H groups in total. The summed E-state index contributed by atoms with van der Waals surface area (Å²) < 4.78 is 14.7. The molecule has 0 radical (unpaired) electrons. The molecule has 2 heterocycles. The molecule has 0 aliphatic rings. The third kappa shape index (κ3) is 4.28. The molecule has 1 amide bonds. The molecule has 0 saturated carbocycles. The van der Waals surface area contributed by atoms with Gasteiger partial charge in [-0.3, -0.25) is 14.9 Å². The summed E-state index contributed by atoms with van der Waals surface area (Å²) in [6.07, 6.45) is 1.79. The van der Waals surface area contributed by atoms with E-state index in [1.54, 1.807) is 13.1 Å². The van der Waals surface area contributed by atoms with E-state index in [1.165, 1.54) is 46.4 Å². The van der Waals surface area contributed by atoms with Crippen LogP contribution in [-0.2, 0) is 13.5 Å². The molecular weight excluding hydrogens is 367 g/mol. The first kappa shape index (κ1) is 17.2. The number of halogens is 2. The van der Waals surface area contributed by atoms with Gasteiger partial charge < -0.3 is 4.57 Å². The Balaban J connectivity index is 1.71. The number of nitrogens with one attached hydrogen (secondary N) is 1. The van der Waals surface area contributed by atoms with Crippen molar-refractivity contribution in [2.24, 2.45) is 7.05 Å². The lowest BCUT2D eigenvalue weighted by atomic mass is 10.1. The quantitative estimate of drug-likeness (QED) is 0.757. The van der Waals surface area contributed by atoms with Crippen LogP contribution in [0.25, 0.3) is 0 Å². The number of carbonyl (C=O) groups excluding carboxylic acids is 1. The van der Waals surface area contributed by atoms with Crippen molar-refractivity contribution in [3.05, 3.63) is 73.9 Å². The highest BCUT2D eigenvalue weighted by Crippen LogP contribution is 2.21. The third-order valence-corrected chi connectivity index (χ3v) is 4.37. The summed E-state index contributed by atoms with van der Waals surface area (Å²) in [6, 6.07) is 7.00. The number of carbonyl (C=O) groups is 1. The second kappa shape index (κ2) is 7.12. The van der Waals surface area contributed by atoms with Crippen LogP contribution in [0, 0.1) is 5.82 Å². The number of aromatic nitrogens is 3. The van der Waals surface area contributed by atoms with Crippen molar-refractivity contribution in [3.8, 4) is 0 Å². The van der Waals surface area contributed by atoms with E-state index in [9.17, 15) is 14.0 Å². The molecular formula is C16H12ClFN4O2S. The average molecular weight is 379 g/mol. The van der Waals surface area contributed by atoms with Gasteiger partial charge in [-0.25, -0.2) is 4.39 Å². The molecule has 2 aromatic heterocycles. The summed E-state index contributed by atoms with van der Waals surface area (Å²) in [7, 11) is 1.56. The fourth-order valence-corrected chi connectivity index (χ4v) is 3.17. The minimum atomic E-state index is -0.421. The summed E-state index contributed by atoms with van der Waals surface area (Å²) in [5, 5.41) is 11.7. The Morgan fingerprint density at radius 1 is 1.32 bits per heavy atom. The fraction of sp³-hybridized carbons (Fsp3) is 0.125. The maximum Gasteiger partial charge on any atom is 0.258 e. The van der Waals surface area contributed by atoms with Crippen LogP contribution in [-0.4, -0.2) is 20.7 Å². The molecule has 3 aromatic rings. The summed E-state index contributed by atoms with van der Waals surface area (Å²) in [4.78, 5) is 23.5. The van der Waals surface area contributed by atoms with E-state index in [0.717, 1.165) is 0 Å². The zero-order valence-electron chi connectivity index (χ0n) is 13.0. The van der Waals surface area contributed by atoms with Crippen molar-refractivity contribution >= 4 is 34.0 Å². The largest absolute Gasteiger partial charge is 0.318 e. The molecule has 0 unspecified atom stereocenters. The summed E-state index contributed by atoms with van der Waals surface area (Å²) >= 11 is 7.01. The number of anilines is 1. The normalized spacial score (nSPS) is 10.7. The molecule has 0 bridgehead atoms. The molecule has 0 aliphatic heterocycles. The van der Waals surface area contributed by atoms with E-state index in [2.05, 4.69) is 15.5 Å². The number of aryl methyl sites for hydroxylation is 1. The van der Waals surface area contributed by atoms with Gasteiger partial charge in [0.15, 0.2) is 0 Å². The number of rotatable bonds is 4. The van der Waals surface area contributed by atoms with Gasteiger partial charge in [-0.2, -0.15) is 0 Å². The first-order chi connectivity index (χ1) is 11.9. The highest BCUT2D eigenvalue weighted by atomic mass is 35.5. The lowest BCUT2D eigenvalue weighted by molar-refractivity contribution is 0.102. The van der Waals surface area contributed by atoms with Crippen molar-refractivity contribution in [2.45, 2.75) is 6.42 Å². The Hall–Kier alpha value is -2.58. The Bertz CT molecular complexity index is 982. The fourth-order valence-electron chi connectivity index (χ4n) is 2.16. The summed E-state index contributed by atoms with van der Waals surface area (Å²) in [5.41, 5.74) is 0.788. The minimum absolute atomic E-state index is 0.205. The van der Waals surface area contributed by atoms with Crippen molar-refractivity contribution < 1.29 is 9.18 Å². The number of benzene rings is 1. The van der Waals surface area contributed by atoms with Crippen molar-refractivity contribution in [2.75, 3.05) is 5.32 Å². The molecule has 128 valence electrons. The number of nitrogens with zero attached hydrogens (tertiary/aromatic N) is 3. The predicted molar refractivity (Wildman–Crippen MR) is 93.8 cm³/mol. The number of pyridine rings is 1. The van der Waals surface area contributed by atoms with Gasteiger partial charge in [0.25, 0.3) is 5.91 Å². The average Bonchev–Trinajstić information content (AvgIpc) is 2.95. The lowest BCUT2D eigenvalue weighted by Crippen LogP contribution is -2.19. The molecule has 9 heteroatoms. The SMILES string of the molecule is Cn1cc(C(=O)Nc2nnc(Cc3cc(F)cc(Cl)c3)s2)ccc1=O. The van der Waals surface area contributed by atoms with Crippen LogP contribution < -0.4 is 10.9 Å². The zero-order valence-corrected chi connectivity index (χ0v) is 14.6. The molecule has 0 aliphatic carbocycles. The molecule has 6 nitrogen and oxygen atoms in total. The summed E-state index contributed by atoms with van der Waals surface area (Å²) in [6.45, 7) is 0. The molecule has 0 spiro atoms. The van der Waals surface area contributed by atoms with Crippen LogP contribution in [0.4, 0.5) is 9.52 Å². The van der Waals surface area contributed by atoms with Gasteiger partial charge in [-0.15, -0.1) is 10.2 Å². The van der Waals surface area contributed by atoms with Crippen LogP contribution in [0.2, 0.25) is 5.02 Å². The van der Waals surface area contributed by atoms with Gasteiger partial charge in [0.1, 0.15) is 10.8 Å². The highest BCUT2D eigenvalue weighted by molar-refractivity contribution is 7.15. The standard InChI is InChI=1S/C16H12ClFN4O2S/c1-22-8-10(2-3-14(22)23)15(24)19-16-21-20-13(25-16)6-9-4-11(17)7-12(18)5-9/h2-5,7-8H,6H2,1H3,(H,19,21,24). The van der Waals surface area contributed by atoms with Crippen LogP contribution in [0.3, 0.4) is 0 Å². The van der Waals surface area contributed by atoms with Crippen molar-refractivity contribution in [1.82, 2.24) is 14.8 Å². The minimum Gasteiger partial charge on any atom is -0.318 e. The Morgan fingerprint density at radius 3 is 2.84 bits per heavy atom. The molecule has 0 atom stereocenters. The molecule has 25 heavy (non-hydrogen) atoms. The number of hydrogen-bond acceptors (Lipinski definition) is 5. The van der Waals surface area contributed by atoms with E-state index in [-0.39, 0.29) is 5.56 Å². The van der Waals surface area contributed by atoms with E-state index < -0.39 is 11.7 Å². The Labute approximate surface area is 150 Å². The smallest absolute Gasteiger partial charge is 0.258 e. The maximum atomic E-state index is 13.4. The van der Waals surface area contributed by atoms with E-state index in [0.29, 0.717) is 32.7 Å². The van der Waals surface area contributed by atoms with Gasteiger partial charge in [0.2, 0.25) is 10.7 Å². The monoisotopic (exact) mass is 378 g/mol. The molecule has 1 aromatic carbocycles. The second-order valence-electron chi connectivity index (χ2n) is 5.28. The topological polar surface area (TPSA) is 76.9 Å². The van der Waals surface area contributed by atoms with E-state index in [1.807, 2.05) is 0 Å². The van der Waals surface area contributed by atoms with Gasteiger partial charge in [-0.1, -0.05) is 22.9 Å².